The van der Waals surface area contributed by atoms with Crippen molar-refractivity contribution in [2.45, 2.75) is 63.0 Å². The number of amides is 1. The van der Waals surface area contributed by atoms with Crippen LogP contribution in [0, 0.1) is 11.7 Å². The van der Waals surface area contributed by atoms with Gasteiger partial charge in [-0.15, -0.1) is 0 Å². The van der Waals surface area contributed by atoms with E-state index in [1.807, 2.05) is 6.92 Å². The molecule has 2 aromatic rings. The normalized spacial score (nSPS) is 26.9. The van der Waals surface area contributed by atoms with Crippen LogP contribution >= 0.6 is 0 Å². The number of halogens is 4. The molecular formula is C30H33F4N3O5. The Hall–Kier alpha value is -3.38. The number of carboxylic acid groups (broad SMARTS) is 1. The molecule has 4 aliphatic rings. The van der Waals surface area contributed by atoms with E-state index in [9.17, 15) is 32.3 Å². The Morgan fingerprint density at radius 3 is 2.50 bits per heavy atom. The third kappa shape index (κ3) is 5.30. The molecular weight excluding hydrogens is 558 g/mol. The maximum Gasteiger partial charge on any atom is 0.416 e. The molecule has 3 fully saturated rings. The number of fused-ring (bicyclic) bond motifs is 1. The van der Waals surface area contributed by atoms with E-state index in [0.29, 0.717) is 49.7 Å². The van der Waals surface area contributed by atoms with Gasteiger partial charge in [0, 0.05) is 43.0 Å². The van der Waals surface area contributed by atoms with Crippen LogP contribution in [0.1, 0.15) is 54.1 Å². The lowest BCUT2D eigenvalue weighted by molar-refractivity contribution is -0.180. The molecule has 1 saturated carbocycles. The smallest absolute Gasteiger partial charge is 0.416 e. The minimum absolute atomic E-state index is 0.0335. The predicted octanol–water partition coefficient (Wildman–Crippen LogP) is 4.76. The molecule has 3 aliphatic heterocycles. The molecule has 2 aromatic carbocycles. The molecule has 6 rings (SSSR count). The van der Waals surface area contributed by atoms with Crippen molar-refractivity contribution >= 4 is 17.6 Å². The lowest BCUT2D eigenvalue weighted by Crippen LogP contribution is -2.61. The Kier molecular flexibility index (Phi) is 7.33. The van der Waals surface area contributed by atoms with E-state index < -0.39 is 29.1 Å². The van der Waals surface area contributed by atoms with Crippen molar-refractivity contribution in [3.05, 3.63) is 58.9 Å². The highest BCUT2D eigenvalue weighted by atomic mass is 19.4. The fourth-order valence-corrected chi connectivity index (χ4v) is 6.66. The van der Waals surface area contributed by atoms with Gasteiger partial charge in [-0.05, 0) is 74.9 Å². The summed E-state index contributed by atoms with van der Waals surface area (Å²) in [6.07, 6.45) is -1.50. The van der Waals surface area contributed by atoms with E-state index in [1.165, 1.54) is 23.1 Å². The summed E-state index contributed by atoms with van der Waals surface area (Å²) in [5.74, 6) is -1.87. The average Bonchev–Trinajstić information content (AvgIpc) is 3.82. The Labute approximate surface area is 240 Å². The number of piperazine rings is 1. The van der Waals surface area contributed by atoms with E-state index in [2.05, 4.69) is 9.80 Å². The quantitative estimate of drug-likeness (QED) is 0.503. The van der Waals surface area contributed by atoms with Gasteiger partial charge in [-0.2, -0.15) is 13.2 Å². The topological polar surface area (TPSA) is 82.6 Å². The summed E-state index contributed by atoms with van der Waals surface area (Å²) < 4.78 is 65.9. The predicted molar refractivity (Wildman–Crippen MR) is 144 cm³/mol. The van der Waals surface area contributed by atoms with E-state index in [4.69, 9.17) is 9.47 Å². The molecule has 3 atom stereocenters. The highest BCUT2D eigenvalue weighted by Gasteiger charge is 2.56. The van der Waals surface area contributed by atoms with Gasteiger partial charge in [0.05, 0.1) is 24.3 Å². The van der Waals surface area contributed by atoms with Crippen LogP contribution in [-0.2, 0) is 22.3 Å². The van der Waals surface area contributed by atoms with Crippen molar-refractivity contribution < 1.29 is 41.7 Å². The van der Waals surface area contributed by atoms with Crippen molar-refractivity contribution in [1.29, 1.82) is 0 Å². The second kappa shape index (κ2) is 10.7. The molecule has 2 saturated heterocycles. The summed E-state index contributed by atoms with van der Waals surface area (Å²) >= 11 is 0. The Bertz CT molecular complexity index is 1370. The van der Waals surface area contributed by atoms with Gasteiger partial charge in [0.15, 0.2) is 6.73 Å². The van der Waals surface area contributed by atoms with Crippen LogP contribution < -0.4 is 9.64 Å². The molecule has 42 heavy (non-hydrogen) atoms. The largest absolute Gasteiger partial charge is 0.478 e. The Morgan fingerprint density at radius 2 is 1.86 bits per heavy atom. The number of ether oxygens (including phenoxy) is 2. The molecule has 1 aliphatic carbocycles. The standard InChI is InChI=1S/C30H33F4N3O5/c1-18-14-35(10-11-37(18)22-5-6-25(31)24(13-22)27(38)39)23-8-9-29(42-16-23,20-2-3-20)28(40)36-15-19-12-21(30(32,33)34)4-7-26(19)41-17-36/h4-7,12-13,18,20,23H,2-3,8-11,14-17H2,1H3,(H,38,39)/t18-,23+,29-/m0/s1. The first-order valence-corrected chi connectivity index (χ1v) is 14.3. The van der Waals surface area contributed by atoms with E-state index in [0.717, 1.165) is 31.4 Å². The molecule has 8 nitrogen and oxygen atoms in total. The number of carbonyl (C=O) groups is 2. The lowest BCUT2D eigenvalue weighted by atomic mass is 9.85. The van der Waals surface area contributed by atoms with Gasteiger partial charge in [-0.3, -0.25) is 9.69 Å². The molecule has 0 bridgehead atoms. The number of hydrogen-bond donors (Lipinski definition) is 1. The van der Waals surface area contributed by atoms with Crippen molar-refractivity contribution in [3.8, 4) is 5.75 Å². The molecule has 1 amide bonds. The van der Waals surface area contributed by atoms with E-state index >= 15 is 0 Å². The van der Waals surface area contributed by atoms with Crippen LogP contribution in [0.15, 0.2) is 36.4 Å². The minimum atomic E-state index is -4.48. The van der Waals surface area contributed by atoms with Gasteiger partial charge in [-0.25, -0.2) is 9.18 Å². The zero-order chi connectivity index (χ0) is 29.8. The fourth-order valence-electron chi connectivity index (χ4n) is 6.66. The van der Waals surface area contributed by atoms with E-state index in [-0.39, 0.29) is 42.7 Å². The van der Waals surface area contributed by atoms with Gasteiger partial charge < -0.3 is 24.4 Å². The van der Waals surface area contributed by atoms with Crippen molar-refractivity contribution in [3.63, 3.8) is 0 Å². The lowest BCUT2D eigenvalue weighted by Gasteiger charge is -2.48. The highest BCUT2D eigenvalue weighted by molar-refractivity contribution is 5.89. The van der Waals surface area contributed by atoms with Gasteiger partial charge >= 0.3 is 12.1 Å². The van der Waals surface area contributed by atoms with Gasteiger partial charge in [0.2, 0.25) is 0 Å². The monoisotopic (exact) mass is 591 g/mol. The Balaban J connectivity index is 1.10. The Morgan fingerprint density at radius 1 is 1.07 bits per heavy atom. The summed E-state index contributed by atoms with van der Waals surface area (Å²) in [6, 6.07) is 7.61. The van der Waals surface area contributed by atoms with Gasteiger partial charge in [0.1, 0.15) is 17.2 Å². The molecule has 0 unspecified atom stereocenters. The number of hydrogen-bond acceptors (Lipinski definition) is 6. The first kappa shape index (κ1) is 28.7. The number of rotatable bonds is 5. The van der Waals surface area contributed by atoms with Crippen LogP contribution in [-0.4, -0.2) is 77.4 Å². The van der Waals surface area contributed by atoms with Gasteiger partial charge in [0.25, 0.3) is 5.91 Å². The number of aromatic carboxylic acids is 1. The summed E-state index contributed by atoms with van der Waals surface area (Å²) in [4.78, 5) is 31.2. The summed E-state index contributed by atoms with van der Waals surface area (Å²) in [7, 11) is 0. The van der Waals surface area contributed by atoms with Crippen molar-refractivity contribution in [2.75, 3.05) is 37.9 Å². The SMILES string of the molecule is C[C@H]1CN([C@@H]2CC[C@@](C(=O)N3COc4ccc(C(F)(F)F)cc4C3)(C3CC3)OC2)CCN1c1ccc(F)c(C(=O)O)c1. The molecule has 0 aromatic heterocycles. The van der Waals surface area contributed by atoms with Crippen LogP contribution in [0.5, 0.6) is 5.75 Å². The number of alkyl halides is 3. The number of carbonyl (C=O) groups excluding carboxylic acids is 1. The van der Waals surface area contributed by atoms with Crippen LogP contribution in [0.3, 0.4) is 0 Å². The molecule has 0 spiro atoms. The summed E-state index contributed by atoms with van der Waals surface area (Å²) in [5, 5.41) is 9.30. The van der Waals surface area contributed by atoms with Crippen LogP contribution in [0.4, 0.5) is 23.2 Å². The zero-order valence-electron chi connectivity index (χ0n) is 23.2. The summed E-state index contributed by atoms with van der Waals surface area (Å²) in [6.45, 7) is 4.40. The zero-order valence-corrected chi connectivity index (χ0v) is 23.2. The first-order valence-electron chi connectivity index (χ1n) is 14.3. The number of benzene rings is 2. The second-order valence-electron chi connectivity index (χ2n) is 11.8. The molecule has 1 N–H and O–H groups in total. The number of nitrogens with zero attached hydrogens (tertiary/aromatic N) is 3. The van der Waals surface area contributed by atoms with Gasteiger partial charge in [-0.1, -0.05) is 0 Å². The number of anilines is 1. The van der Waals surface area contributed by atoms with E-state index in [1.54, 1.807) is 6.07 Å². The highest BCUT2D eigenvalue weighted by Crippen LogP contribution is 2.48. The minimum Gasteiger partial charge on any atom is -0.478 e. The molecule has 0 radical (unpaired) electrons. The van der Waals surface area contributed by atoms with Crippen LogP contribution in [0.25, 0.3) is 0 Å². The fraction of sp³-hybridized carbons (Fsp3) is 0.533. The molecule has 3 heterocycles. The summed E-state index contributed by atoms with van der Waals surface area (Å²) in [5.41, 5.74) is -1.15. The first-order chi connectivity index (χ1) is 20.0. The van der Waals surface area contributed by atoms with Crippen molar-refractivity contribution in [1.82, 2.24) is 9.80 Å². The van der Waals surface area contributed by atoms with Crippen LogP contribution in [0.2, 0.25) is 0 Å². The average molecular weight is 592 g/mol. The second-order valence-corrected chi connectivity index (χ2v) is 11.8. The van der Waals surface area contributed by atoms with Crippen molar-refractivity contribution in [2.24, 2.45) is 5.92 Å². The third-order valence-electron chi connectivity index (χ3n) is 9.08. The maximum atomic E-state index is 13.9. The number of carboxylic acids is 1. The third-order valence-corrected chi connectivity index (χ3v) is 9.08. The maximum absolute atomic E-state index is 13.9. The molecule has 226 valence electrons. The molecule has 12 heteroatoms.